The Labute approximate surface area is 172 Å². The van der Waals surface area contributed by atoms with Gasteiger partial charge in [0.25, 0.3) is 0 Å². The zero-order valence-corrected chi connectivity index (χ0v) is 17.2. The van der Waals surface area contributed by atoms with E-state index in [0.717, 1.165) is 10.0 Å². The van der Waals surface area contributed by atoms with Crippen LogP contribution in [0.4, 0.5) is 5.82 Å². The van der Waals surface area contributed by atoms with Crippen LogP contribution in [0.3, 0.4) is 0 Å². The van der Waals surface area contributed by atoms with E-state index in [-0.39, 0.29) is 11.3 Å². The highest BCUT2D eigenvalue weighted by atomic mass is 79.9. The van der Waals surface area contributed by atoms with Gasteiger partial charge in [-0.15, -0.1) is 0 Å². The van der Waals surface area contributed by atoms with Crippen molar-refractivity contribution >= 4 is 37.7 Å². The number of pyridine rings is 1. The lowest BCUT2D eigenvalue weighted by molar-refractivity contribution is -0.117. The van der Waals surface area contributed by atoms with Crippen LogP contribution in [0.2, 0.25) is 0 Å². The summed E-state index contributed by atoms with van der Waals surface area (Å²) in [7, 11) is -3.89. The Balaban J connectivity index is 1.84. The molecule has 0 aliphatic rings. The molecular weight excluding hydrogens is 442 g/mol. The number of aromatic nitrogens is 1. The Morgan fingerprint density at radius 3 is 2.29 bits per heavy atom. The first-order chi connectivity index (χ1) is 13.4. The number of amides is 1. The Hall–Kier alpha value is -2.55. The number of carbonyl (C=O) groups excluding carboxylic acids is 1. The summed E-state index contributed by atoms with van der Waals surface area (Å²) in [6, 6.07) is 19.5. The van der Waals surface area contributed by atoms with Crippen LogP contribution in [0, 0.1) is 0 Å². The average Bonchev–Trinajstić information content (AvgIpc) is 2.69. The Morgan fingerprint density at radius 2 is 1.64 bits per heavy atom. The lowest BCUT2D eigenvalue weighted by Gasteiger charge is -2.18. The summed E-state index contributed by atoms with van der Waals surface area (Å²) in [4.78, 5) is 16.9. The van der Waals surface area contributed by atoms with Crippen LogP contribution in [0.5, 0.6) is 0 Å². The third kappa shape index (κ3) is 5.48. The minimum Gasteiger partial charge on any atom is -0.309 e. The maximum atomic E-state index is 12.8. The number of hydrogen-bond acceptors (Lipinski definition) is 4. The molecule has 2 N–H and O–H groups in total. The van der Waals surface area contributed by atoms with Crippen LogP contribution in [-0.2, 0) is 21.2 Å². The molecule has 0 radical (unpaired) electrons. The average molecular weight is 460 g/mol. The van der Waals surface area contributed by atoms with Crippen LogP contribution in [0.1, 0.15) is 5.56 Å². The molecule has 0 fully saturated rings. The fourth-order valence-corrected chi connectivity index (χ4v) is 4.02. The zero-order chi connectivity index (χ0) is 20.0. The number of halogens is 1. The first-order valence-corrected chi connectivity index (χ1v) is 10.8. The molecule has 1 amide bonds. The van der Waals surface area contributed by atoms with Gasteiger partial charge in [0.1, 0.15) is 11.9 Å². The molecular formula is C20H18BrN3O3S. The standard InChI is InChI=1S/C20H18BrN3O3S/c21-16-9-11-17(12-10-16)28(26,27)24-18(14-15-6-2-1-3-7-15)20(25)23-19-8-4-5-13-22-19/h1-13,18,24H,14H2,(H,22,23,25). The van der Waals surface area contributed by atoms with E-state index in [4.69, 9.17) is 0 Å². The Kier molecular flexibility index (Phi) is 6.56. The Morgan fingerprint density at radius 1 is 0.964 bits per heavy atom. The van der Waals surface area contributed by atoms with E-state index in [1.165, 1.54) is 12.1 Å². The second kappa shape index (κ2) is 9.09. The molecule has 0 aliphatic carbocycles. The molecule has 8 heteroatoms. The summed E-state index contributed by atoms with van der Waals surface area (Å²) < 4.78 is 28.8. The molecule has 0 spiro atoms. The van der Waals surface area contributed by atoms with Crippen molar-refractivity contribution in [2.75, 3.05) is 5.32 Å². The fraction of sp³-hybridized carbons (Fsp3) is 0.100. The van der Waals surface area contributed by atoms with E-state index in [0.29, 0.717) is 5.82 Å². The number of rotatable bonds is 7. The Bertz CT molecular complexity index is 1030. The van der Waals surface area contributed by atoms with Crippen LogP contribution in [0.25, 0.3) is 0 Å². The van der Waals surface area contributed by atoms with Gasteiger partial charge in [-0.2, -0.15) is 4.72 Å². The summed E-state index contributed by atoms with van der Waals surface area (Å²) in [5, 5.41) is 2.66. The predicted octanol–water partition coefficient (Wildman–Crippen LogP) is 3.37. The number of benzene rings is 2. The minimum atomic E-state index is -3.89. The van der Waals surface area contributed by atoms with Crippen molar-refractivity contribution in [1.29, 1.82) is 0 Å². The van der Waals surface area contributed by atoms with E-state index in [2.05, 4.69) is 31.0 Å². The number of carbonyl (C=O) groups is 1. The third-order valence-electron chi connectivity index (χ3n) is 3.94. The number of hydrogen-bond donors (Lipinski definition) is 2. The molecule has 6 nitrogen and oxygen atoms in total. The van der Waals surface area contributed by atoms with Crippen LogP contribution in [0.15, 0.2) is 88.4 Å². The van der Waals surface area contributed by atoms with Crippen LogP contribution < -0.4 is 10.0 Å². The minimum absolute atomic E-state index is 0.0828. The van der Waals surface area contributed by atoms with Crippen LogP contribution in [-0.4, -0.2) is 25.4 Å². The molecule has 1 unspecified atom stereocenters. The van der Waals surface area contributed by atoms with Gasteiger partial charge in [0, 0.05) is 10.7 Å². The molecule has 28 heavy (non-hydrogen) atoms. The van der Waals surface area contributed by atoms with E-state index >= 15 is 0 Å². The topological polar surface area (TPSA) is 88.2 Å². The van der Waals surface area contributed by atoms with E-state index in [9.17, 15) is 13.2 Å². The molecule has 1 atom stereocenters. The van der Waals surface area contributed by atoms with Gasteiger partial charge in [-0.05, 0) is 48.4 Å². The summed E-state index contributed by atoms with van der Waals surface area (Å²) in [6.07, 6.45) is 1.75. The molecule has 0 bridgehead atoms. The lowest BCUT2D eigenvalue weighted by atomic mass is 10.1. The van der Waals surface area contributed by atoms with Gasteiger partial charge < -0.3 is 5.32 Å². The van der Waals surface area contributed by atoms with Gasteiger partial charge in [0.2, 0.25) is 15.9 Å². The molecule has 1 heterocycles. The molecule has 144 valence electrons. The molecule has 3 aromatic rings. The smallest absolute Gasteiger partial charge is 0.244 e. The monoisotopic (exact) mass is 459 g/mol. The molecule has 0 saturated carbocycles. The molecule has 3 rings (SSSR count). The highest BCUT2D eigenvalue weighted by Crippen LogP contribution is 2.16. The summed E-state index contributed by atoms with van der Waals surface area (Å²) in [5.41, 5.74) is 0.835. The molecule has 1 aromatic heterocycles. The van der Waals surface area contributed by atoms with Crippen molar-refractivity contribution in [2.45, 2.75) is 17.4 Å². The second-order valence-electron chi connectivity index (χ2n) is 6.02. The first kappa shape index (κ1) is 20.2. The number of anilines is 1. The van der Waals surface area contributed by atoms with Gasteiger partial charge >= 0.3 is 0 Å². The van der Waals surface area contributed by atoms with Crippen molar-refractivity contribution in [1.82, 2.24) is 9.71 Å². The quantitative estimate of drug-likeness (QED) is 0.566. The second-order valence-corrected chi connectivity index (χ2v) is 8.65. The first-order valence-electron chi connectivity index (χ1n) is 8.48. The van der Waals surface area contributed by atoms with Crippen molar-refractivity contribution in [3.05, 3.63) is 89.0 Å². The van der Waals surface area contributed by atoms with Gasteiger partial charge in [0.15, 0.2) is 0 Å². The summed E-state index contributed by atoms with van der Waals surface area (Å²) in [6.45, 7) is 0. The van der Waals surface area contributed by atoms with E-state index in [1.54, 1.807) is 36.5 Å². The predicted molar refractivity (Wildman–Crippen MR) is 111 cm³/mol. The van der Waals surface area contributed by atoms with E-state index in [1.807, 2.05) is 30.3 Å². The normalized spacial score (nSPS) is 12.3. The highest BCUT2D eigenvalue weighted by molar-refractivity contribution is 9.10. The van der Waals surface area contributed by atoms with Gasteiger partial charge in [-0.3, -0.25) is 4.79 Å². The highest BCUT2D eigenvalue weighted by Gasteiger charge is 2.26. The molecule has 0 saturated heterocycles. The van der Waals surface area contributed by atoms with Crippen molar-refractivity contribution < 1.29 is 13.2 Å². The number of sulfonamides is 1. The number of nitrogens with one attached hydrogen (secondary N) is 2. The van der Waals surface area contributed by atoms with Crippen molar-refractivity contribution in [3.8, 4) is 0 Å². The molecule has 2 aromatic carbocycles. The van der Waals surface area contributed by atoms with Gasteiger partial charge in [-0.1, -0.05) is 52.3 Å². The van der Waals surface area contributed by atoms with Crippen molar-refractivity contribution in [3.63, 3.8) is 0 Å². The SMILES string of the molecule is O=C(Nc1ccccn1)C(Cc1ccccc1)NS(=O)(=O)c1ccc(Br)cc1. The van der Waals surface area contributed by atoms with Gasteiger partial charge in [-0.25, -0.2) is 13.4 Å². The summed E-state index contributed by atoms with van der Waals surface area (Å²) in [5.74, 6) is -0.128. The van der Waals surface area contributed by atoms with Crippen molar-refractivity contribution in [2.24, 2.45) is 0 Å². The third-order valence-corrected chi connectivity index (χ3v) is 5.95. The molecule has 0 aliphatic heterocycles. The van der Waals surface area contributed by atoms with Crippen LogP contribution >= 0.6 is 15.9 Å². The van der Waals surface area contributed by atoms with Gasteiger partial charge in [0.05, 0.1) is 4.90 Å². The largest absolute Gasteiger partial charge is 0.309 e. The maximum absolute atomic E-state index is 12.8. The fourth-order valence-electron chi connectivity index (χ4n) is 2.56. The lowest BCUT2D eigenvalue weighted by Crippen LogP contribution is -2.45. The zero-order valence-electron chi connectivity index (χ0n) is 14.7. The van der Waals surface area contributed by atoms with E-state index < -0.39 is 22.0 Å². The summed E-state index contributed by atoms with van der Waals surface area (Å²) >= 11 is 3.28. The maximum Gasteiger partial charge on any atom is 0.244 e. The number of nitrogens with zero attached hydrogens (tertiary/aromatic N) is 1.